The van der Waals surface area contributed by atoms with Crippen LogP contribution in [0, 0.1) is 0 Å². The van der Waals surface area contributed by atoms with Gasteiger partial charge in [0.2, 0.25) is 0 Å². The summed E-state index contributed by atoms with van der Waals surface area (Å²) in [6.07, 6.45) is 1.01. The number of ether oxygens (including phenoxy) is 1. The molecule has 2 heterocycles. The van der Waals surface area contributed by atoms with Gasteiger partial charge in [0.05, 0.1) is 11.7 Å². The molecule has 1 atom stereocenters. The van der Waals surface area contributed by atoms with E-state index in [2.05, 4.69) is 10.3 Å². The van der Waals surface area contributed by atoms with Crippen molar-refractivity contribution in [2.24, 2.45) is 0 Å². The van der Waals surface area contributed by atoms with Crippen LogP contribution in [0.1, 0.15) is 31.2 Å². The Morgan fingerprint density at radius 3 is 2.89 bits per heavy atom. The molecule has 0 saturated carbocycles. The van der Waals surface area contributed by atoms with E-state index in [0.29, 0.717) is 13.0 Å². The fraction of sp³-hybridized carbons (Fsp3) is 0.615. The molecule has 0 spiro atoms. The minimum absolute atomic E-state index is 0.106. The fourth-order valence-corrected chi connectivity index (χ4v) is 2.16. The SMILES string of the molecule is FC(F)(F)c1cccnc1NCCC1CCCCO1. The van der Waals surface area contributed by atoms with Gasteiger partial charge >= 0.3 is 6.18 Å². The normalized spacial score (nSPS) is 20.3. The highest BCUT2D eigenvalue weighted by molar-refractivity contribution is 5.45. The molecule has 0 aromatic carbocycles. The molecule has 106 valence electrons. The number of hydrogen-bond acceptors (Lipinski definition) is 3. The molecule has 19 heavy (non-hydrogen) atoms. The maximum Gasteiger partial charge on any atom is 0.419 e. The van der Waals surface area contributed by atoms with Crippen LogP contribution >= 0.6 is 0 Å². The highest BCUT2D eigenvalue weighted by atomic mass is 19.4. The molecule has 3 nitrogen and oxygen atoms in total. The lowest BCUT2D eigenvalue weighted by molar-refractivity contribution is -0.137. The zero-order valence-electron chi connectivity index (χ0n) is 10.5. The summed E-state index contributed by atoms with van der Waals surface area (Å²) in [5, 5.41) is 2.76. The smallest absolute Gasteiger partial charge is 0.378 e. The van der Waals surface area contributed by atoms with Crippen LogP contribution in [0.25, 0.3) is 0 Å². The van der Waals surface area contributed by atoms with Crippen LogP contribution in [0.5, 0.6) is 0 Å². The molecule has 1 N–H and O–H groups in total. The Bertz CT molecular complexity index is 403. The lowest BCUT2D eigenvalue weighted by Gasteiger charge is -2.23. The summed E-state index contributed by atoms with van der Waals surface area (Å²) in [5.41, 5.74) is -0.723. The summed E-state index contributed by atoms with van der Waals surface area (Å²) >= 11 is 0. The van der Waals surface area contributed by atoms with Gasteiger partial charge in [-0.1, -0.05) is 0 Å². The Labute approximate surface area is 110 Å². The third-order valence-corrected chi connectivity index (χ3v) is 3.15. The Morgan fingerprint density at radius 1 is 1.37 bits per heavy atom. The summed E-state index contributed by atoms with van der Waals surface area (Å²) in [6.45, 7) is 1.19. The van der Waals surface area contributed by atoms with E-state index in [1.807, 2.05) is 0 Å². The Kier molecular flexibility index (Phi) is 4.63. The van der Waals surface area contributed by atoms with E-state index >= 15 is 0 Å². The van der Waals surface area contributed by atoms with E-state index in [9.17, 15) is 13.2 Å². The minimum atomic E-state index is -4.38. The first-order valence-electron chi connectivity index (χ1n) is 6.45. The van der Waals surface area contributed by atoms with Crippen molar-refractivity contribution in [2.45, 2.75) is 38.0 Å². The van der Waals surface area contributed by atoms with Gasteiger partial charge in [0.25, 0.3) is 0 Å². The monoisotopic (exact) mass is 274 g/mol. The largest absolute Gasteiger partial charge is 0.419 e. The molecule has 0 radical (unpaired) electrons. The van der Waals surface area contributed by atoms with Gasteiger partial charge in [0.15, 0.2) is 0 Å². The summed E-state index contributed by atoms with van der Waals surface area (Å²) in [4.78, 5) is 3.76. The molecule has 1 aliphatic rings. The molecular weight excluding hydrogens is 257 g/mol. The quantitative estimate of drug-likeness (QED) is 0.912. The third kappa shape index (κ3) is 4.09. The number of halogens is 3. The molecule has 1 aromatic heterocycles. The standard InChI is InChI=1S/C13H17F3N2O/c14-13(15,16)11-5-3-7-17-12(11)18-8-6-10-4-1-2-9-19-10/h3,5,7,10H,1-2,4,6,8-9H2,(H,17,18). The van der Waals surface area contributed by atoms with Crippen LogP contribution in [0.3, 0.4) is 0 Å². The summed E-state index contributed by atoms with van der Waals surface area (Å²) in [6, 6.07) is 2.32. The van der Waals surface area contributed by atoms with Crippen molar-refractivity contribution in [2.75, 3.05) is 18.5 Å². The van der Waals surface area contributed by atoms with Crippen LogP contribution in [0.4, 0.5) is 19.0 Å². The van der Waals surface area contributed by atoms with Crippen LogP contribution in [-0.4, -0.2) is 24.2 Å². The molecule has 0 amide bonds. The molecular formula is C13H17F3N2O. The van der Waals surface area contributed by atoms with Crippen molar-refractivity contribution >= 4 is 5.82 Å². The van der Waals surface area contributed by atoms with Gasteiger partial charge in [-0.15, -0.1) is 0 Å². The molecule has 1 unspecified atom stereocenters. The Hall–Kier alpha value is -1.30. The van der Waals surface area contributed by atoms with Gasteiger partial charge in [-0.25, -0.2) is 4.98 Å². The van der Waals surface area contributed by atoms with E-state index in [1.54, 1.807) is 0 Å². The Morgan fingerprint density at radius 2 is 2.21 bits per heavy atom. The van der Waals surface area contributed by atoms with E-state index in [0.717, 1.165) is 31.9 Å². The van der Waals surface area contributed by atoms with Crippen LogP contribution < -0.4 is 5.32 Å². The third-order valence-electron chi connectivity index (χ3n) is 3.15. The topological polar surface area (TPSA) is 34.2 Å². The van der Waals surface area contributed by atoms with E-state index in [-0.39, 0.29) is 11.9 Å². The van der Waals surface area contributed by atoms with Crippen molar-refractivity contribution < 1.29 is 17.9 Å². The van der Waals surface area contributed by atoms with E-state index in [1.165, 1.54) is 12.3 Å². The number of alkyl halides is 3. The Balaban J connectivity index is 1.88. The number of anilines is 1. The van der Waals surface area contributed by atoms with E-state index in [4.69, 9.17) is 4.74 Å². The first-order chi connectivity index (χ1) is 9.07. The van der Waals surface area contributed by atoms with Gasteiger partial charge < -0.3 is 10.1 Å². The average Bonchev–Trinajstić information content (AvgIpc) is 2.39. The van der Waals surface area contributed by atoms with Gasteiger partial charge in [-0.05, 0) is 37.8 Å². The average molecular weight is 274 g/mol. The molecule has 1 fully saturated rings. The lowest BCUT2D eigenvalue weighted by atomic mass is 10.1. The van der Waals surface area contributed by atoms with Crippen molar-refractivity contribution in [3.05, 3.63) is 23.9 Å². The molecule has 0 aliphatic carbocycles. The summed E-state index contributed by atoms with van der Waals surface area (Å²) in [5.74, 6) is -0.106. The van der Waals surface area contributed by atoms with E-state index < -0.39 is 11.7 Å². The molecule has 1 saturated heterocycles. The predicted octanol–water partition coefficient (Wildman–Crippen LogP) is 3.47. The molecule has 6 heteroatoms. The second-order valence-corrected chi connectivity index (χ2v) is 4.60. The maximum atomic E-state index is 12.7. The highest BCUT2D eigenvalue weighted by Crippen LogP contribution is 2.33. The van der Waals surface area contributed by atoms with Crippen LogP contribution in [0.15, 0.2) is 18.3 Å². The number of hydrogen-bond donors (Lipinski definition) is 1. The van der Waals surface area contributed by atoms with Gasteiger partial charge in [-0.2, -0.15) is 13.2 Å². The molecule has 0 bridgehead atoms. The zero-order chi connectivity index (χ0) is 13.7. The van der Waals surface area contributed by atoms with Gasteiger partial charge in [0.1, 0.15) is 5.82 Å². The first-order valence-corrected chi connectivity index (χ1v) is 6.45. The van der Waals surface area contributed by atoms with Gasteiger partial charge in [0, 0.05) is 19.3 Å². The molecule has 1 aromatic rings. The predicted molar refractivity (Wildman–Crippen MR) is 65.9 cm³/mol. The van der Waals surface area contributed by atoms with Crippen molar-refractivity contribution in [3.63, 3.8) is 0 Å². The fourth-order valence-electron chi connectivity index (χ4n) is 2.16. The van der Waals surface area contributed by atoms with Crippen LogP contribution in [0.2, 0.25) is 0 Å². The number of nitrogens with one attached hydrogen (secondary N) is 1. The summed E-state index contributed by atoms with van der Waals surface area (Å²) in [7, 11) is 0. The second-order valence-electron chi connectivity index (χ2n) is 4.60. The minimum Gasteiger partial charge on any atom is -0.378 e. The zero-order valence-corrected chi connectivity index (χ0v) is 10.5. The molecule has 1 aliphatic heterocycles. The molecule has 2 rings (SSSR count). The van der Waals surface area contributed by atoms with Crippen LogP contribution in [-0.2, 0) is 10.9 Å². The lowest BCUT2D eigenvalue weighted by Crippen LogP contribution is -2.22. The van der Waals surface area contributed by atoms with Gasteiger partial charge in [-0.3, -0.25) is 0 Å². The summed E-state index contributed by atoms with van der Waals surface area (Å²) < 4.78 is 43.7. The van der Waals surface area contributed by atoms with Crippen molar-refractivity contribution in [1.29, 1.82) is 0 Å². The number of nitrogens with zero attached hydrogens (tertiary/aromatic N) is 1. The van der Waals surface area contributed by atoms with Crippen molar-refractivity contribution in [1.82, 2.24) is 4.98 Å². The maximum absolute atomic E-state index is 12.7. The highest BCUT2D eigenvalue weighted by Gasteiger charge is 2.34. The first kappa shape index (κ1) is 14.1. The number of aromatic nitrogens is 1. The number of rotatable bonds is 4. The number of pyridine rings is 1. The van der Waals surface area contributed by atoms with Crippen molar-refractivity contribution in [3.8, 4) is 0 Å². The second kappa shape index (κ2) is 6.23.